The van der Waals surface area contributed by atoms with E-state index in [2.05, 4.69) is 15.6 Å². The number of rotatable bonds is 5. The molecule has 1 unspecified atom stereocenters. The SMILES string of the molecule is Cc1nc(COc2ccc(F)cc2)sc1C(=O)NC1CCCNC1.Cl.Cl. The minimum atomic E-state index is -0.302. The molecule has 1 saturated heterocycles. The number of piperidine rings is 1. The lowest BCUT2D eigenvalue weighted by molar-refractivity contribution is 0.0934. The first-order valence-electron chi connectivity index (χ1n) is 7.98. The molecule has 2 heterocycles. The molecule has 1 fully saturated rings. The van der Waals surface area contributed by atoms with Gasteiger partial charge in [-0.15, -0.1) is 36.2 Å². The van der Waals surface area contributed by atoms with Gasteiger partial charge in [0.25, 0.3) is 5.91 Å². The number of hydrogen-bond acceptors (Lipinski definition) is 5. The van der Waals surface area contributed by atoms with Crippen molar-refractivity contribution in [2.45, 2.75) is 32.4 Å². The van der Waals surface area contributed by atoms with Crippen LogP contribution in [0.4, 0.5) is 4.39 Å². The van der Waals surface area contributed by atoms with Gasteiger partial charge in [-0.1, -0.05) is 0 Å². The molecule has 0 spiro atoms. The monoisotopic (exact) mass is 421 g/mol. The van der Waals surface area contributed by atoms with Crippen molar-refractivity contribution in [2.75, 3.05) is 13.1 Å². The predicted molar refractivity (Wildman–Crippen MR) is 105 cm³/mol. The second-order valence-corrected chi connectivity index (χ2v) is 6.87. The zero-order valence-electron chi connectivity index (χ0n) is 14.3. The average molecular weight is 422 g/mol. The number of carbonyl (C=O) groups is 1. The van der Waals surface area contributed by atoms with Crippen molar-refractivity contribution in [3.05, 3.63) is 45.7 Å². The Hall–Kier alpha value is -1.41. The van der Waals surface area contributed by atoms with Crippen molar-refractivity contribution in [1.29, 1.82) is 0 Å². The van der Waals surface area contributed by atoms with Crippen LogP contribution in [0.5, 0.6) is 5.75 Å². The van der Waals surface area contributed by atoms with E-state index in [4.69, 9.17) is 4.74 Å². The molecule has 144 valence electrons. The molecular formula is C17H22Cl2FN3O2S. The van der Waals surface area contributed by atoms with Gasteiger partial charge in [-0.05, 0) is 50.6 Å². The third-order valence-corrected chi connectivity index (χ3v) is 4.98. The van der Waals surface area contributed by atoms with E-state index < -0.39 is 0 Å². The van der Waals surface area contributed by atoms with Gasteiger partial charge in [-0.3, -0.25) is 4.79 Å². The third-order valence-electron chi connectivity index (χ3n) is 3.86. The first-order chi connectivity index (χ1) is 11.6. The molecule has 0 bridgehead atoms. The zero-order chi connectivity index (χ0) is 16.9. The van der Waals surface area contributed by atoms with Gasteiger partial charge in [0, 0.05) is 12.6 Å². The van der Waals surface area contributed by atoms with Crippen molar-refractivity contribution in [3.63, 3.8) is 0 Å². The molecule has 1 aliphatic heterocycles. The van der Waals surface area contributed by atoms with Crippen LogP contribution < -0.4 is 15.4 Å². The van der Waals surface area contributed by atoms with Crippen LogP contribution in [0, 0.1) is 12.7 Å². The number of halogens is 3. The molecule has 1 aliphatic rings. The molecule has 3 rings (SSSR count). The highest BCUT2D eigenvalue weighted by molar-refractivity contribution is 7.13. The topological polar surface area (TPSA) is 63.2 Å². The molecular weight excluding hydrogens is 400 g/mol. The van der Waals surface area contributed by atoms with E-state index in [-0.39, 0.29) is 49.2 Å². The molecule has 1 amide bonds. The van der Waals surface area contributed by atoms with E-state index in [1.807, 2.05) is 6.92 Å². The Morgan fingerprint density at radius 3 is 2.77 bits per heavy atom. The van der Waals surface area contributed by atoms with Crippen molar-refractivity contribution >= 4 is 42.1 Å². The van der Waals surface area contributed by atoms with Gasteiger partial charge >= 0.3 is 0 Å². The Morgan fingerprint density at radius 1 is 1.38 bits per heavy atom. The van der Waals surface area contributed by atoms with Gasteiger partial charge in [0.15, 0.2) is 0 Å². The van der Waals surface area contributed by atoms with E-state index in [9.17, 15) is 9.18 Å². The molecule has 2 N–H and O–H groups in total. The molecule has 1 aromatic carbocycles. The Labute approximate surface area is 168 Å². The normalized spacial score (nSPS) is 16.2. The summed E-state index contributed by atoms with van der Waals surface area (Å²) in [6.45, 7) is 3.91. The van der Waals surface area contributed by atoms with E-state index in [1.54, 1.807) is 12.1 Å². The molecule has 9 heteroatoms. The van der Waals surface area contributed by atoms with Crippen LogP contribution in [-0.2, 0) is 6.61 Å². The quantitative estimate of drug-likeness (QED) is 0.775. The summed E-state index contributed by atoms with van der Waals surface area (Å²) in [5, 5.41) is 7.06. The van der Waals surface area contributed by atoms with Gasteiger partial charge in [-0.2, -0.15) is 0 Å². The van der Waals surface area contributed by atoms with Crippen LogP contribution in [0.1, 0.15) is 33.2 Å². The van der Waals surface area contributed by atoms with E-state index in [1.165, 1.54) is 23.5 Å². The van der Waals surface area contributed by atoms with Crippen molar-refractivity contribution in [3.8, 4) is 5.75 Å². The maximum Gasteiger partial charge on any atom is 0.263 e. The summed E-state index contributed by atoms with van der Waals surface area (Å²) in [6, 6.07) is 6.00. The highest BCUT2D eigenvalue weighted by Gasteiger charge is 2.20. The number of nitrogens with zero attached hydrogens (tertiary/aromatic N) is 1. The molecule has 5 nitrogen and oxygen atoms in total. The van der Waals surface area contributed by atoms with Crippen molar-refractivity contribution in [2.24, 2.45) is 0 Å². The van der Waals surface area contributed by atoms with Gasteiger partial charge in [0.05, 0.1) is 5.69 Å². The van der Waals surface area contributed by atoms with Crippen LogP contribution in [-0.4, -0.2) is 30.0 Å². The second kappa shape index (κ2) is 10.7. The van der Waals surface area contributed by atoms with Crippen LogP contribution in [0.25, 0.3) is 0 Å². The number of amides is 1. The van der Waals surface area contributed by atoms with Crippen LogP contribution in [0.3, 0.4) is 0 Å². The van der Waals surface area contributed by atoms with Gasteiger partial charge < -0.3 is 15.4 Å². The number of aryl methyl sites for hydroxylation is 1. The second-order valence-electron chi connectivity index (χ2n) is 5.78. The average Bonchev–Trinajstić information content (AvgIpc) is 2.96. The number of benzene rings is 1. The molecule has 1 atom stereocenters. The fourth-order valence-electron chi connectivity index (χ4n) is 2.63. The summed E-state index contributed by atoms with van der Waals surface area (Å²) in [4.78, 5) is 17.4. The zero-order valence-corrected chi connectivity index (χ0v) is 16.7. The number of thiazole rings is 1. The van der Waals surface area contributed by atoms with Crippen molar-refractivity contribution < 1.29 is 13.9 Å². The lowest BCUT2D eigenvalue weighted by Crippen LogP contribution is -2.45. The fourth-order valence-corrected chi connectivity index (χ4v) is 3.51. The van der Waals surface area contributed by atoms with Crippen LogP contribution >= 0.6 is 36.2 Å². The smallest absolute Gasteiger partial charge is 0.263 e. The summed E-state index contributed by atoms with van der Waals surface area (Å²) in [6.07, 6.45) is 2.07. The largest absolute Gasteiger partial charge is 0.486 e. The van der Waals surface area contributed by atoms with Gasteiger partial charge in [0.1, 0.15) is 28.1 Å². The van der Waals surface area contributed by atoms with E-state index >= 15 is 0 Å². The minimum Gasteiger partial charge on any atom is -0.486 e. The number of ether oxygens (including phenoxy) is 1. The number of carbonyl (C=O) groups excluding carboxylic acids is 1. The van der Waals surface area contributed by atoms with E-state index in [0.717, 1.165) is 30.9 Å². The molecule has 2 aromatic rings. The summed E-state index contributed by atoms with van der Waals surface area (Å²) in [5.74, 6) is 0.193. The number of nitrogens with one attached hydrogen (secondary N) is 2. The fraction of sp³-hybridized carbons (Fsp3) is 0.412. The maximum absolute atomic E-state index is 12.9. The third kappa shape index (κ3) is 6.09. The first-order valence-corrected chi connectivity index (χ1v) is 8.80. The summed E-state index contributed by atoms with van der Waals surface area (Å²) >= 11 is 1.34. The molecule has 0 aliphatic carbocycles. The first kappa shape index (κ1) is 22.6. The molecule has 1 aromatic heterocycles. The maximum atomic E-state index is 12.9. The van der Waals surface area contributed by atoms with Gasteiger partial charge in [0.2, 0.25) is 0 Å². The standard InChI is InChI=1S/C17H20FN3O2S.2ClH/c1-11-16(17(22)21-13-3-2-8-19-9-13)24-15(20-11)10-23-14-6-4-12(18)5-7-14;;/h4-7,13,19H,2-3,8-10H2,1H3,(H,21,22);2*1H. The predicted octanol–water partition coefficient (Wildman–Crippen LogP) is 3.50. The van der Waals surface area contributed by atoms with Crippen LogP contribution in [0.2, 0.25) is 0 Å². The Morgan fingerprint density at radius 2 is 2.12 bits per heavy atom. The van der Waals surface area contributed by atoms with Gasteiger partial charge in [-0.25, -0.2) is 9.37 Å². The minimum absolute atomic E-state index is 0. The molecule has 26 heavy (non-hydrogen) atoms. The summed E-state index contributed by atoms with van der Waals surface area (Å²) in [5.41, 5.74) is 0.707. The lowest BCUT2D eigenvalue weighted by Gasteiger charge is -2.23. The Bertz CT molecular complexity index is 707. The summed E-state index contributed by atoms with van der Waals surface area (Å²) in [7, 11) is 0. The summed E-state index contributed by atoms with van der Waals surface area (Å²) < 4.78 is 18.5. The molecule has 0 radical (unpaired) electrons. The Kier molecular flexibility index (Phi) is 9.29. The lowest BCUT2D eigenvalue weighted by atomic mass is 10.1. The van der Waals surface area contributed by atoms with Crippen molar-refractivity contribution in [1.82, 2.24) is 15.6 Å². The van der Waals surface area contributed by atoms with Crippen LogP contribution in [0.15, 0.2) is 24.3 Å². The highest BCUT2D eigenvalue weighted by atomic mass is 35.5. The number of hydrogen-bond donors (Lipinski definition) is 2. The molecule has 0 saturated carbocycles. The highest BCUT2D eigenvalue weighted by Crippen LogP contribution is 2.21. The number of aromatic nitrogens is 1. The Balaban J connectivity index is 0.00000169. The van der Waals surface area contributed by atoms with E-state index in [0.29, 0.717) is 16.3 Å².